The van der Waals surface area contributed by atoms with Crippen molar-refractivity contribution in [3.63, 3.8) is 0 Å². The van der Waals surface area contributed by atoms with Gasteiger partial charge in [-0.2, -0.15) is 18.4 Å². The summed E-state index contributed by atoms with van der Waals surface area (Å²) >= 11 is 0. The maximum absolute atomic E-state index is 12.8. The van der Waals surface area contributed by atoms with Crippen LogP contribution in [0.25, 0.3) is 0 Å². The second-order valence-corrected chi connectivity index (χ2v) is 4.89. The summed E-state index contributed by atoms with van der Waals surface area (Å²) in [6, 6.07) is 4.21. The van der Waals surface area contributed by atoms with Crippen molar-refractivity contribution in [2.45, 2.75) is 32.5 Å². The van der Waals surface area contributed by atoms with Gasteiger partial charge in [-0.25, -0.2) is 4.79 Å². The number of halogens is 3. The van der Waals surface area contributed by atoms with E-state index in [0.717, 1.165) is 12.1 Å². The maximum Gasteiger partial charge on any atom is 0.417 e. The summed E-state index contributed by atoms with van der Waals surface area (Å²) in [6.45, 7) is 3.55. The number of aliphatic carboxylic acids is 1. The first kappa shape index (κ1) is 16.8. The molecule has 0 aliphatic carbocycles. The van der Waals surface area contributed by atoms with Crippen LogP contribution in [0.4, 0.5) is 13.2 Å². The van der Waals surface area contributed by atoms with Gasteiger partial charge >= 0.3 is 12.1 Å². The quantitative estimate of drug-likeness (QED) is 0.904. The Morgan fingerprint density at radius 2 is 2.05 bits per heavy atom. The first-order valence-electron chi connectivity index (χ1n) is 6.16. The van der Waals surface area contributed by atoms with Crippen LogP contribution in [0, 0.1) is 17.2 Å². The minimum atomic E-state index is -4.71. The van der Waals surface area contributed by atoms with E-state index in [2.05, 4.69) is 0 Å². The molecule has 1 rings (SSSR count). The van der Waals surface area contributed by atoms with Gasteiger partial charge in [-0.05, 0) is 30.5 Å². The summed E-state index contributed by atoms with van der Waals surface area (Å²) < 4.78 is 43.5. The summed E-state index contributed by atoms with van der Waals surface area (Å²) in [4.78, 5) is 11.0. The van der Waals surface area contributed by atoms with Crippen molar-refractivity contribution in [2.24, 2.45) is 5.92 Å². The molecular formula is C14H14F3NO3. The molecule has 0 radical (unpaired) electrons. The highest BCUT2D eigenvalue weighted by molar-refractivity contribution is 5.72. The van der Waals surface area contributed by atoms with E-state index in [4.69, 9.17) is 15.1 Å². The van der Waals surface area contributed by atoms with Crippen LogP contribution in [-0.4, -0.2) is 17.2 Å². The van der Waals surface area contributed by atoms with Crippen molar-refractivity contribution < 1.29 is 27.8 Å². The van der Waals surface area contributed by atoms with E-state index in [1.54, 1.807) is 13.8 Å². The molecule has 1 atom stereocenters. The molecule has 0 saturated carbocycles. The van der Waals surface area contributed by atoms with Gasteiger partial charge in [-0.1, -0.05) is 13.8 Å². The third kappa shape index (κ3) is 4.67. The Morgan fingerprint density at radius 3 is 2.48 bits per heavy atom. The number of carbonyl (C=O) groups is 1. The number of hydrogen-bond acceptors (Lipinski definition) is 3. The van der Waals surface area contributed by atoms with Gasteiger partial charge in [0, 0.05) is 0 Å². The highest BCUT2D eigenvalue weighted by Gasteiger charge is 2.34. The molecule has 114 valence electrons. The first-order chi connectivity index (χ1) is 9.65. The maximum atomic E-state index is 12.8. The van der Waals surface area contributed by atoms with Crippen LogP contribution >= 0.6 is 0 Å². The Kier molecular flexibility index (Phi) is 5.19. The van der Waals surface area contributed by atoms with Gasteiger partial charge in [0.25, 0.3) is 0 Å². The van der Waals surface area contributed by atoms with Crippen LogP contribution in [0.1, 0.15) is 31.4 Å². The van der Waals surface area contributed by atoms with Crippen molar-refractivity contribution in [3.05, 3.63) is 29.3 Å². The minimum Gasteiger partial charge on any atom is -0.479 e. The molecule has 4 nitrogen and oxygen atoms in total. The molecule has 1 aromatic carbocycles. The average Bonchev–Trinajstić information content (AvgIpc) is 2.36. The number of ether oxygens (including phenoxy) is 1. The van der Waals surface area contributed by atoms with Crippen LogP contribution < -0.4 is 4.74 Å². The second kappa shape index (κ2) is 6.48. The Balaban J connectivity index is 3.09. The van der Waals surface area contributed by atoms with Crippen LogP contribution in [0.2, 0.25) is 0 Å². The van der Waals surface area contributed by atoms with E-state index in [9.17, 15) is 18.0 Å². The van der Waals surface area contributed by atoms with E-state index in [1.165, 1.54) is 6.07 Å². The molecule has 0 unspecified atom stereocenters. The van der Waals surface area contributed by atoms with Crippen LogP contribution in [0.3, 0.4) is 0 Å². The molecule has 0 saturated heterocycles. The third-order valence-electron chi connectivity index (χ3n) is 2.66. The van der Waals surface area contributed by atoms with E-state index >= 15 is 0 Å². The zero-order chi connectivity index (χ0) is 16.2. The molecular weight excluding hydrogens is 287 g/mol. The van der Waals surface area contributed by atoms with Gasteiger partial charge in [0.05, 0.1) is 17.2 Å². The molecule has 0 heterocycles. The molecule has 1 aromatic rings. The van der Waals surface area contributed by atoms with Crippen molar-refractivity contribution in [1.82, 2.24) is 0 Å². The van der Waals surface area contributed by atoms with Gasteiger partial charge < -0.3 is 9.84 Å². The van der Waals surface area contributed by atoms with E-state index in [-0.39, 0.29) is 18.1 Å². The zero-order valence-corrected chi connectivity index (χ0v) is 11.4. The van der Waals surface area contributed by atoms with Crippen LogP contribution in [0.5, 0.6) is 5.75 Å². The lowest BCUT2D eigenvalue weighted by atomic mass is 10.1. The number of nitrogens with zero attached hydrogens (tertiary/aromatic N) is 1. The molecule has 0 aliphatic rings. The Morgan fingerprint density at radius 1 is 1.43 bits per heavy atom. The smallest absolute Gasteiger partial charge is 0.417 e. The molecule has 7 heteroatoms. The molecule has 0 bridgehead atoms. The predicted octanol–water partition coefficient (Wildman–Crippen LogP) is 3.46. The number of carboxylic acid groups (broad SMARTS) is 1. The topological polar surface area (TPSA) is 70.3 Å². The van der Waals surface area contributed by atoms with E-state index in [1.807, 2.05) is 0 Å². The van der Waals surface area contributed by atoms with Crippen LogP contribution in [0.15, 0.2) is 18.2 Å². The number of nitriles is 1. The van der Waals surface area contributed by atoms with Gasteiger partial charge in [-0.3, -0.25) is 0 Å². The number of alkyl halides is 3. The number of hydrogen-bond donors (Lipinski definition) is 1. The summed E-state index contributed by atoms with van der Waals surface area (Å²) in [7, 11) is 0. The number of benzene rings is 1. The lowest BCUT2D eigenvalue weighted by molar-refractivity contribution is -0.145. The van der Waals surface area contributed by atoms with Crippen molar-refractivity contribution in [1.29, 1.82) is 5.26 Å². The number of carboxylic acids is 1. The fourth-order valence-electron chi connectivity index (χ4n) is 1.72. The Hall–Kier alpha value is -2.23. The molecule has 0 aliphatic heterocycles. The van der Waals surface area contributed by atoms with E-state index in [0.29, 0.717) is 6.07 Å². The summed E-state index contributed by atoms with van der Waals surface area (Å²) in [5, 5.41) is 17.7. The molecule has 21 heavy (non-hydrogen) atoms. The lowest BCUT2D eigenvalue weighted by Gasteiger charge is -2.18. The average molecular weight is 301 g/mol. The SMILES string of the molecule is CC(C)C[C@@H](Oc1ccc(C#N)c(C(F)(F)F)c1)C(=O)O. The molecule has 0 fully saturated rings. The fourth-order valence-corrected chi connectivity index (χ4v) is 1.72. The third-order valence-corrected chi connectivity index (χ3v) is 2.66. The Labute approximate surface area is 119 Å². The van der Waals surface area contributed by atoms with Crippen LogP contribution in [-0.2, 0) is 11.0 Å². The minimum absolute atomic E-state index is 0.00608. The van der Waals surface area contributed by atoms with Crippen molar-refractivity contribution in [3.8, 4) is 11.8 Å². The van der Waals surface area contributed by atoms with Gasteiger partial charge in [-0.15, -0.1) is 0 Å². The summed E-state index contributed by atoms with van der Waals surface area (Å²) in [5.41, 5.74) is -1.68. The molecule has 1 N–H and O–H groups in total. The highest BCUT2D eigenvalue weighted by Crippen LogP contribution is 2.34. The summed E-state index contributed by atoms with van der Waals surface area (Å²) in [5.74, 6) is -1.47. The molecule has 0 spiro atoms. The van der Waals surface area contributed by atoms with Crippen molar-refractivity contribution in [2.75, 3.05) is 0 Å². The Bertz CT molecular complexity index is 562. The zero-order valence-electron chi connectivity index (χ0n) is 11.4. The van der Waals surface area contributed by atoms with Gasteiger partial charge in [0.15, 0.2) is 6.10 Å². The molecule has 0 amide bonds. The predicted molar refractivity (Wildman–Crippen MR) is 67.7 cm³/mol. The lowest BCUT2D eigenvalue weighted by Crippen LogP contribution is -2.28. The summed E-state index contributed by atoms with van der Waals surface area (Å²) in [6.07, 6.45) is -5.78. The largest absolute Gasteiger partial charge is 0.479 e. The normalized spacial score (nSPS) is 12.8. The second-order valence-electron chi connectivity index (χ2n) is 4.89. The number of rotatable bonds is 5. The fraction of sp³-hybridized carbons (Fsp3) is 0.429. The van der Waals surface area contributed by atoms with E-state index < -0.39 is 29.4 Å². The standard InChI is InChI=1S/C14H14F3NO3/c1-8(2)5-12(13(19)20)21-10-4-3-9(7-18)11(6-10)14(15,16)17/h3-4,6,8,12H,5H2,1-2H3,(H,19,20)/t12-/m1/s1. The first-order valence-corrected chi connectivity index (χ1v) is 6.16. The monoisotopic (exact) mass is 301 g/mol. The molecule has 0 aromatic heterocycles. The van der Waals surface area contributed by atoms with Crippen molar-refractivity contribution >= 4 is 5.97 Å². The highest BCUT2D eigenvalue weighted by atomic mass is 19.4. The van der Waals surface area contributed by atoms with Gasteiger partial charge in [0.2, 0.25) is 0 Å². The van der Waals surface area contributed by atoms with Gasteiger partial charge in [0.1, 0.15) is 5.75 Å².